The molecule has 0 spiro atoms. The van der Waals surface area contributed by atoms with Crippen molar-refractivity contribution in [3.63, 3.8) is 0 Å². The lowest BCUT2D eigenvalue weighted by Gasteiger charge is -2.11. The van der Waals surface area contributed by atoms with Crippen molar-refractivity contribution in [2.75, 3.05) is 13.4 Å². The van der Waals surface area contributed by atoms with Crippen LogP contribution in [0.4, 0.5) is 0 Å². The van der Waals surface area contributed by atoms with Gasteiger partial charge in [-0.25, -0.2) is 0 Å². The van der Waals surface area contributed by atoms with Crippen LogP contribution in [0.15, 0.2) is 48.5 Å². The van der Waals surface area contributed by atoms with Crippen LogP contribution in [0.2, 0.25) is 0 Å². The van der Waals surface area contributed by atoms with E-state index >= 15 is 0 Å². The summed E-state index contributed by atoms with van der Waals surface area (Å²) in [5, 5.41) is 9.11. The topological polar surface area (TPSA) is 42.2 Å². The second kappa shape index (κ2) is 9.66. The zero-order valence-electron chi connectivity index (χ0n) is 13.6. The number of nitrogens with zero attached hydrogens (tertiary/aromatic N) is 1. The highest BCUT2D eigenvalue weighted by Gasteiger charge is 2.04. The van der Waals surface area contributed by atoms with Gasteiger partial charge in [-0.15, -0.1) is 0 Å². The molecule has 2 aromatic rings. The van der Waals surface area contributed by atoms with Gasteiger partial charge in [-0.3, -0.25) is 0 Å². The summed E-state index contributed by atoms with van der Waals surface area (Å²) in [6, 6.07) is 18.2. The monoisotopic (exact) mass is 309 g/mol. The smallest absolute Gasteiger partial charge is 0.189 e. The van der Waals surface area contributed by atoms with Gasteiger partial charge >= 0.3 is 0 Å². The fourth-order valence-corrected chi connectivity index (χ4v) is 2.52. The summed E-state index contributed by atoms with van der Waals surface area (Å²) in [6.07, 6.45) is 4.02. The van der Waals surface area contributed by atoms with Crippen LogP contribution < -0.4 is 4.74 Å². The molecular weight excluding hydrogens is 286 g/mol. The molecule has 2 aromatic carbocycles. The van der Waals surface area contributed by atoms with E-state index in [0.29, 0.717) is 13.4 Å². The van der Waals surface area contributed by atoms with Gasteiger partial charge in [-0.2, -0.15) is 5.26 Å². The molecule has 0 fully saturated rings. The molecule has 0 aliphatic rings. The predicted molar refractivity (Wildman–Crippen MR) is 91.4 cm³/mol. The molecule has 3 heteroatoms. The van der Waals surface area contributed by atoms with Gasteiger partial charge in [0.1, 0.15) is 5.75 Å². The molecule has 0 saturated heterocycles. The summed E-state index contributed by atoms with van der Waals surface area (Å²) >= 11 is 0. The van der Waals surface area contributed by atoms with Gasteiger partial charge in [-0.05, 0) is 55.9 Å². The molecule has 23 heavy (non-hydrogen) atoms. The van der Waals surface area contributed by atoms with Crippen molar-refractivity contribution in [1.82, 2.24) is 0 Å². The maximum atomic E-state index is 9.11. The quantitative estimate of drug-likeness (QED) is 0.506. The average molecular weight is 309 g/mol. The van der Waals surface area contributed by atoms with Crippen LogP contribution in [0.5, 0.6) is 5.75 Å². The first kappa shape index (κ1) is 17.1. The van der Waals surface area contributed by atoms with E-state index in [2.05, 4.69) is 12.1 Å². The van der Waals surface area contributed by atoms with Crippen molar-refractivity contribution in [1.29, 1.82) is 5.26 Å². The second-order valence-electron chi connectivity index (χ2n) is 5.34. The van der Waals surface area contributed by atoms with Gasteiger partial charge in [-0.1, -0.05) is 36.4 Å². The van der Waals surface area contributed by atoms with Crippen LogP contribution in [-0.2, 0) is 17.6 Å². The Morgan fingerprint density at radius 2 is 1.57 bits per heavy atom. The molecule has 3 nitrogen and oxygen atoms in total. The van der Waals surface area contributed by atoms with Crippen molar-refractivity contribution in [2.45, 2.75) is 32.6 Å². The minimum absolute atomic E-state index is 0.295. The molecule has 0 saturated carbocycles. The Bertz CT molecular complexity index is 646. The van der Waals surface area contributed by atoms with Gasteiger partial charge in [0.05, 0.1) is 11.6 Å². The molecule has 0 amide bonds. The first-order chi connectivity index (χ1) is 11.3. The Morgan fingerprint density at radius 1 is 0.913 bits per heavy atom. The molecule has 0 N–H and O–H groups in total. The standard InChI is InChI=1S/C20H23NO2/c1-2-22-16-23-20-14-8-7-12-18(20)11-5-3-9-17-10-4-6-13-19(17)15-21/h4,6-8,10,12-14H,2-3,5,9,11,16H2,1H3. The van der Waals surface area contributed by atoms with E-state index in [4.69, 9.17) is 14.7 Å². The molecule has 0 radical (unpaired) electrons. The lowest BCUT2D eigenvalue weighted by Crippen LogP contribution is -2.04. The molecule has 0 atom stereocenters. The van der Waals surface area contributed by atoms with E-state index in [0.717, 1.165) is 42.6 Å². The molecule has 0 bridgehead atoms. The van der Waals surface area contributed by atoms with Crippen molar-refractivity contribution >= 4 is 0 Å². The minimum atomic E-state index is 0.295. The summed E-state index contributed by atoms with van der Waals surface area (Å²) in [5.41, 5.74) is 3.13. The van der Waals surface area contributed by atoms with Crippen molar-refractivity contribution < 1.29 is 9.47 Å². The molecule has 120 valence electrons. The fraction of sp³-hybridized carbons (Fsp3) is 0.350. The lowest BCUT2D eigenvalue weighted by atomic mass is 10.0. The van der Waals surface area contributed by atoms with Gasteiger partial charge in [0, 0.05) is 6.61 Å². The number of nitriles is 1. The fourth-order valence-electron chi connectivity index (χ4n) is 2.52. The number of para-hydroxylation sites is 1. The first-order valence-corrected chi connectivity index (χ1v) is 8.11. The number of unbranched alkanes of at least 4 members (excludes halogenated alkanes) is 1. The summed E-state index contributed by atoms with van der Waals surface area (Å²) in [7, 11) is 0. The Kier molecular flexibility index (Phi) is 7.16. The Balaban J connectivity index is 1.83. The van der Waals surface area contributed by atoms with Crippen LogP contribution in [0.25, 0.3) is 0 Å². The van der Waals surface area contributed by atoms with Gasteiger partial charge in [0.2, 0.25) is 0 Å². The van der Waals surface area contributed by atoms with Crippen LogP contribution in [0, 0.1) is 11.3 Å². The molecular formula is C20H23NO2. The Hall–Kier alpha value is -2.31. The molecule has 0 heterocycles. The number of rotatable bonds is 9. The van der Waals surface area contributed by atoms with Gasteiger partial charge in [0.15, 0.2) is 6.79 Å². The molecule has 2 rings (SSSR count). The van der Waals surface area contributed by atoms with E-state index < -0.39 is 0 Å². The van der Waals surface area contributed by atoms with Crippen LogP contribution in [0.3, 0.4) is 0 Å². The summed E-state index contributed by atoms with van der Waals surface area (Å²) in [4.78, 5) is 0. The first-order valence-electron chi connectivity index (χ1n) is 8.11. The van der Waals surface area contributed by atoms with E-state index in [1.54, 1.807) is 0 Å². The lowest BCUT2D eigenvalue weighted by molar-refractivity contribution is 0.0218. The van der Waals surface area contributed by atoms with Crippen molar-refractivity contribution in [3.8, 4) is 11.8 Å². The van der Waals surface area contributed by atoms with E-state index in [1.165, 1.54) is 5.56 Å². The SMILES string of the molecule is CCOCOc1ccccc1CCCCc1ccccc1C#N. The molecule has 0 aromatic heterocycles. The van der Waals surface area contributed by atoms with E-state index in [9.17, 15) is 0 Å². The normalized spacial score (nSPS) is 10.3. The summed E-state index contributed by atoms with van der Waals surface area (Å²) < 4.78 is 10.9. The Morgan fingerprint density at radius 3 is 2.30 bits per heavy atom. The van der Waals surface area contributed by atoms with Gasteiger partial charge < -0.3 is 9.47 Å². The van der Waals surface area contributed by atoms with Crippen LogP contribution >= 0.6 is 0 Å². The predicted octanol–water partition coefficient (Wildman–Crippen LogP) is 4.50. The molecule has 0 aliphatic carbocycles. The average Bonchev–Trinajstić information content (AvgIpc) is 2.60. The zero-order valence-corrected chi connectivity index (χ0v) is 13.6. The minimum Gasteiger partial charge on any atom is -0.467 e. The number of benzene rings is 2. The third-order valence-corrected chi connectivity index (χ3v) is 3.75. The second-order valence-corrected chi connectivity index (χ2v) is 5.34. The van der Waals surface area contributed by atoms with Crippen LogP contribution in [-0.4, -0.2) is 13.4 Å². The highest BCUT2D eigenvalue weighted by Crippen LogP contribution is 2.21. The summed E-state index contributed by atoms with van der Waals surface area (Å²) in [5.74, 6) is 0.901. The number of aryl methyl sites for hydroxylation is 2. The van der Waals surface area contributed by atoms with Crippen molar-refractivity contribution in [3.05, 3.63) is 65.2 Å². The third kappa shape index (κ3) is 5.43. The molecule has 0 aliphatic heterocycles. The molecule has 0 unspecified atom stereocenters. The maximum Gasteiger partial charge on any atom is 0.189 e. The van der Waals surface area contributed by atoms with Crippen LogP contribution in [0.1, 0.15) is 36.5 Å². The highest BCUT2D eigenvalue weighted by molar-refractivity contribution is 5.37. The Labute approximate surface area is 138 Å². The van der Waals surface area contributed by atoms with E-state index in [-0.39, 0.29) is 0 Å². The number of hydrogen-bond acceptors (Lipinski definition) is 3. The number of hydrogen-bond donors (Lipinski definition) is 0. The maximum absolute atomic E-state index is 9.11. The largest absolute Gasteiger partial charge is 0.467 e. The zero-order chi connectivity index (χ0) is 16.3. The number of ether oxygens (including phenoxy) is 2. The van der Waals surface area contributed by atoms with Crippen molar-refractivity contribution in [2.24, 2.45) is 0 Å². The summed E-state index contributed by atoms with van der Waals surface area (Å²) in [6.45, 7) is 2.90. The third-order valence-electron chi connectivity index (χ3n) is 3.75. The highest BCUT2D eigenvalue weighted by atomic mass is 16.7. The van der Waals surface area contributed by atoms with E-state index in [1.807, 2.05) is 49.4 Å². The van der Waals surface area contributed by atoms with Gasteiger partial charge in [0.25, 0.3) is 0 Å².